The number of anilines is 1. The van der Waals surface area contributed by atoms with Crippen molar-refractivity contribution in [2.45, 2.75) is 27.7 Å². The number of carbonyl (C=O) groups is 1. The maximum Gasteiger partial charge on any atom is 0.251 e. The molecule has 124 valence electrons. The summed E-state index contributed by atoms with van der Waals surface area (Å²) in [5, 5.41) is 2.92. The normalized spacial score (nSPS) is 11.0. The highest BCUT2D eigenvalue weighted by Gasteiger charge is 2.09. The first kappa shape index (κ1) is 18.3. The van der Waals surface area contributed by atoms with Crippen molar-refractivity contribution in [3.63, 3.8) is 0 Å². The Labute approximate surface area is 133 Å². The maximum atomic E-state index is 12.1. The Morgan fingerprint density at radius 3 is 2.55 bits per heavy atom. The zero-order valence-electron chi connectivity index (χ0n) is 14.2. The molecule has 0 spiro atoms. The Balaban J connectivity index is 2.54. The van der Waals surface area contributed by atoms with Crippen LogP contribution in [0.15, 0.2) is 18.2 Å². The lowest BCUT2D eigenvalue weighted by Crippen LogP contribution is -2.34. The number of nitrogens with one attached hydrogen (secondary N) is 1. The zero-order valence-corrected chi connectivity index (χ0v) is 14.2. The van der Waals surface area contributed by atoms with Gasteiger partial charge < -0.3 is 20.7 Å². The predicted molar refractivity (Wildman–Crippen MR) is 91.3 cm³/mol. The highest BCUT2D eigenvalue weighted by atomic mass is 16.5. The van der Waals surface area contributed by atoms with E-state index in [9.17, 15) is 4.79 Å². The lowest BCUT2D eigenvalue weighted by molar-refractivity contribution is 0.0949. The first-order valence-corrected chi connectivity index (χ1v) is 8.00. The van der Waals surface area contributed by atoms with E-state index in [1.807, 2.05) is 0 Å². The van der Waals surface area contributed by atoms with Gasteiger partial charge in [0.2, 0.25) is 0 Å². The molecule has 0 aliphatic carbocycles. The summed E-state index contributed by atoms with van der Waals surface area (Å²) in [7, 11) is 0. The van der Waals surface area contributed by atoms with Gasteiger partial charge in [-0.3, -0.25) is 4.79 Å². The number of hydrogen-bond donors (Lipinski definition) is 2. The minimum atomic E-state index is -0.103. The second kappa shape index (κ2) is 9.30. The summed E-state index contributed by atoms with van der Waals surface area (Å²) >= 11 is 0. The van der Waals surface area contributed by atoms with Crippen LogP contribution in [0.5, 0.6) is 5.75 Å². The fraction of sp³-hybridized carbons (Fsp3) is 0.588. The largest absolute Gasteiger partial charge is 0.491 e. The van der Waals surface area contributed by atoms with Crippen LogP contribution in [0.4, 0.5) is 5.69 Å². The number of nitrogens with two attached hydrogens (primary N) is 1. The van der Waals surface area contributed by atoms with E-state index in [0.29, 0.717) is 36.1 Å². The van der Waals surface area contributed by atoms with Crippen LogP contribution in [0.2, 0.25) is 0 Å². The van der Waals surface area contributed by atoms with Crippen molar-refractivity contribution in [1.82, 2.24) is 10.2 Å². The van der Waals surface area contributed by atoms with Crippen LogP contribution in [0, 0.1) is 5.92 Å². The van der Waals surface area contributed by atoms with Gasteiger partial charge in [-0.2, -0.15) is 0 Å². The number of nitrogen functional groups attached to an aromatic ring is 1. The third-order valence-corrected chi connectivity index (χ3v) is 3.45. The highest BCUT2D eigenvalue weighted by molar-refractivity contribution is 5.95. The SMILES string of the molecule is CCN(CC)CCNC(=O)c1ccc(OCC(C)C)c(N)c1. The van der Waals surface area contributed by atoms with Gasteiger partial charge in [0.05, 0.1) is 12.3 Å². The molecule has 0 saturated heterocycles. The lowest BCUT2D eigenvalue weighted by Gasteiger charge is -2.18. The molecule has 0 atom stereocenters. The highest BCUT2D eigenvalue weighted by Crippen LogP contribution is 2.23. The van der Waals surface area contributed by atoms with E-state index in [1.54, 1.807) is 18.2 Å². The third-order valence-electron chi connectivity index (χ3n) is 3.45. The molecule has 0 bridgehead atoms. The standard InChI is InChI=1S/C17H29N3O2/c1-5-20(6-2)10-9-19-17(21)14-7-8-16(15(18)11-14)22-12-13(3)4/h7-8,11,13H,5-6,9-10,12,18H2,1-4H3,(H,19,21). The van der Waals surface area contributed by atoms with Crippen molar-refractivity contribution in [1.29, 1.82) is 0 Å². The van der Waals surface area contributed by atoms with Crippen molar-refractivity contribution in [3.8, 4) is 5.75 Å². The van der Waals surface area contributed by atoms with Crippen molar-refractivity contribution in [2.24, 2.45) is 5.92 Å². The fourth-order valence-electron chi connectivity index (χ4n) is 2.05. The van der Waals surface area contributed by atoms with E-state index < -0.39 is 0 Å². The molecule has 0 fully saturated rings. The molecule has 1 aromatic rings. The topological polar surface area (TPSA) is 67.6 Å². The number of carbonyl (C=O) groups excluding carboxylic acids is 1. The molecule has 5 nitrogen and oxygen atoms in total. The number of hydrogen-bond acceptors (Lipinski definition) is 4. The van der Waals surface area contributed by atoms with Gasteiger partial charge in [-0.15, -0.1) is 0 Å². The first-order chi connectivity index (χ1) is 10.5. The summed E-state index contributed by atoms with van der Waals surface area (Å²) in [4.78, 5) is 14.4. The van der Waals surface area contributed by atoms with Crippen LogP contribution in [0.3, 0.4) is 0 Å². The van der Waals surface area contributed by atoms with Crippen molar-refractivity contribution >= 4 is 11.6 Å². The van der Waals surface area contributed by atoms with Crippen LogP contribution < -0.4 is 15.8 Å². The first-order valence-electron chi connectivity index (χ1n) is 8.00. The average Bonchev–Trinajstić information content (AvgIpc) is 2.50. The van der Waals surface area contributed by atoms with Gasteiger partial charge in [-0.05, 0) is 37.2 Å². The van der Waals surface area contributed by atoms with Crippen LogP contribution in [-0.2, 0) is 0 Å². The molecule has 1 aromatic carbocycles. The Kier molecular flexibility index (Phi) is 7.74. The Morgan fingerprint density at radius 2 is 2.00 bits per heavy atom. The summed E-state index contributed by atoms with van der Waals surface area (Å²) in [6, 6.07) is 5.18. The number of likely N-dealkylation sites (N-methyl/N-ethyl adjacent to an activating group) is 1. The third kappa shape index (κ3) is 5.93. The molecule has 0 saturated carbocycles. The van der Waals surface area contributed by atoms with Gasteiger partial charge in [-0.1, -0.05) is 27.7 Å². The zero-order chi connectivity index (χ0) is 16.5. The summed E-state index contributed by atoms with van der Waals surface area (Å²) in [6.45, 7) is 12.4. The molecule has 0 unspecified atom stereocenters. The summed E-state index contributed by atoms with van der Waals surface area (Å²) in [5.41, 5.74) is 7.01. The molecule has 22 heavy (non-hydrogen) atoms. The molecule has 0 aliphatic rings. The van der Waals surface area contributed by atoms with Crippen LogP contribution in [-0.4, -0.2) is 43.6 Å². The van der Waals surface area contributed by atoms with E-state index in [0.717, 1.165) is 19.6 Å². The Morgan fingerprint density at radius 1 is 1.32 bits per heavy atom. The number of rotatable bonds is 9. The monoisotopic (exact) mass is 307 g/mol. The van der Waals surface area contributed by atoms with Gasteiger partial charge in [-0.25, -0.2) is 0 Å². The lowest BCUT2D eigenvalue weighted by atomic mass is 10.1. The number of ether oxygens (including phenoxy) is 1. The van der Waals surface area contributed by atoms with Crippen molar-refractivity contribution in [3.05, 3.63) is 23.8 Å². The molecule has 0 radical (unpaired) electrons. The van der Waals surface area contributed by atoms with E-state index in [2.05, 4.69) is 37.9 Å². The molecule has 0 aliphatic heterocycles. The van der Waals surface area contributed by atoms with Crippen molar-refractivity contribution in [2.75, 3.05) is 38.5 Å². The average molecular weight is 307 g/mol. The van der Waals surface area contributed by atoms with Gasteiger partial charge in [0, 0.05) is 18.7 Å². The fourth-order valence-corrected chi connectivity index (χ4v) is 2.05. The molecule has 1 amide bonds. The van der Waals surface area contributed by atoms with Crippen LogP contribution >= 0.6 is 0 Å². The maximum absolute atomic E-state index is 12.1. The van der Waals surface area contributed by atoms with E-state index in [-0.39, 0.29) is 5.91 Å². The van der Waals surface area contributed by atoms with Crippen LogP contribution in [0.25, 0.3) is 0 Å². The van der Waals surface area contributed by atoms with Crippen LogP contribution in [0.1, 0.15) is 38.1 Å². The van der Waals surface area contributed by atoms with Gasteiger partial charge in [0.15, 0.2) is 0 Å². The Hall–Kier alpha value is -1.75. The minimum absolute atomic E-state index is 0.103. The summed E-state index contributed by atoms with van der Waals surface area (Å²) < 4.78 is 5.61. The van der Waals surface area contributed by atoms with Gasteiger partial charge in [0.1, 0.15) is 5.75 Å². The molecule has 0 heterocycles. The molecule has 0 aromatic heterocycles. The molecule has 3 N–H and O–H groups in total. The molecular formula is C17H29N3O2. The number of nitrogens with zero attached hydrogens (tertiary/aromatic N) is 1. The summed E-state index contributed by atoms with van der Waals surface area (Å²) in [6.07, 6.45) is 0. The van der Waals surface area contributed by atoms with Gasteiger partial charge >= 0.3 is 0 Å². The smallest absolute Gasteiger partial charge is 0.251 e. The van der Waals surface area contributed by atoms with E-state index in [4.69, 9.17) is 10.5 Å². The van der Waals surface area contributed by atoms with Crippen molar-refractivity contribution < 1.29 is 9.53 Å². The molecule has 5 heteroatoms. The minimum Gasteiger partial charge on any atom is -0.491 e. The molecule has 1 rings (SSSR count). The number of benzene rings is 1. The second-order valence-electron chi connectivity index (χ2n) is 5.74. The number of amides is 1. The van der Waals surface area contributed by atoms with E-state index >= 15 is 0 Å². The Bertz CT molecular complexity index is 471. The second-order valence-corrected chi connectivity index (χ2v) is 5.74. The van der Waals surface area contributed by atoms with Gasteiger partial charge in [0.25, 0.3) is 5.91 Å². The van der Waals surface area contributed by atoms with E-state index in [1.165, 1.54) is 0 Å². The molecular weight excluding hydrogens is 278 g/mol. The quantitative estimate of drug-likeness (QED) is 0.687. The predicted octanol–water partition coefficient (Wildman–Crippen LogP) is 2.38. The summed E-state index contributed by atoms with van der Waals surface area (Å²) in [5.74, 6) is 0.963.